The number of anilines is 1. The highest BCUT2D eigenvalue weighted by atomic mass is 19.1. The molecule has 0 saturated carbocycles. The molecule has 0 fully saturated rings. The number of nitrogens with one attached hydrogen (secondary N) is 1. The zero-order valence-corrected chi connectivity index (χ0v) is 13.4. The van der Waals surface area contributed by atoms with E-state index in [0.29, 0.717) is 16.8 Å². The lowest BCUT2D eigenvalue weighted by atomic mass is 9.98. The molecule has 0 unspecified atom stereocenters. The minimum atomic E-state index is -1.08. The summed E-state index contributed by atoms with van der Waals surface area (Å²) < 4.78 is 27.2. The number of rotatable bonds is 4. The van der Waals surface area contributed by atoms with Gasteiger partial charge in [-0.05, 0) is 59.7 Å². The molecular weight excluding hydrogens is 340 g/mol. The van der Waals surface area contributed by atoms with Crippen LogP contribution in [-0.4, -0.2) is 17.0 Å². The zero-order chi connectivity index (χ0) is 18.7. The van der Waals surface area contributed by atoms with E-state index in [1.807, 2.05) is 0 Å². The molecule has 130 valence electrons. The molecule has 6 heteroatoms. The SMILES string of the molecule is O=C(O)c1ccc(NC(=O)c2cc(F)ccc2-c2cccc(F)c2)cc1. The van der Waals surface area contributed by atoms with Gasteiger partial charge in [0, 0.05) is 5.69 Å². The molecule has 0 aliphatic heterocycles. The lowest BCUT2D eigenvalue weighted by Gasteiger charge is -2.11. The molecule has 0 saturated heterocycles. The summed E-state index contributed by atoms with van der Waals surface area (Å²) in [6, 6.07) is 14.9. The Labute approximate surface area is 147 Å². The van der Waals surface area contributed by atoms with Gasteiger partial charge in [-0.15, -0.1) is 0 Å². The highest BCUT2D eigenvalue weighted by Crippen LogP contribution is 2.26. The number of aromatic carboxylic acids is 1. The maximum absolute atomic E-state index is 13.7. The maximum Gasteiger partial charge on any atom is 0.335 e. The minimum absolute atomic E-state index is 0.0397. The molecule has 4 nitrogen and oxygen atoms in total. The van der Waals surface area contributed by atoms with Crippen LogP contribution < -0.4 is 5.32 Å². The number of hydrogen-bond donors (Lipinski definition) is 2. The van der Waals surface area contributed by atoms with Crippen molar-refractivity contribution in [2.24, 2.45) is 0 Å². The second-order valence-corrected chi connectivity index (χ2v) is 5.54. The van der Waals surface area contributed by atoms with E-state index in [0.717, 1.165) is 6.07 Å². The summed E-state index contributed by atoms with van der Waals surface area (Å²) in [5.74, 6) is -2.74. The van der Waals surface area contributed by atoms with E-state index in [4.69, 9.17) is 5.11 Å². The van der Waals surface area contributed by atoms with E-state index in [1.54, 1.807) is 6.07 Å². The Balaban J connectivity index is 1.94. The van der Waals surface area contributed by atoms with Crippen LogP contribution in [0.3, 0.4) is 0 Å². The van der Waals surface area contributed by atoms with Gasteiger partial charge in [-0.2, -0.15) is 0 Å². The van der Waals surface area contributed by atoms with Crippen LogP contribution in [0.2, 0.25) is 0 Å². The lowest BCUT2D eigenvalue weighted by molar-refractivity contribution is 0.0696. The summed E-state index contributed by atoms with van der Waals surface area (Å²) in [5, 5.41) is 11.5. The summed E-state index contributed by atoms with van der Waals surface area (Å²) in [6.07, 6.45) is 0. The summed E-state index contributed by atoms with van der Waals surface area (Å²) >= 11 is 0. The van der Waals surface area contributed by atoms with Crippen LogP contribution in [0.4, 0.5) is 14.5 Å². The average molecular weight is 353 g/mol. The van der Waals surface area contributed by atoms with Gasteiger partial charge in [-0.25, -0.2) is 13.6 Å². The zero-order valence-electron chi connectivity index (χ0n) is 13.4. The standard InChI is InChI=1S/C20H13F2NO3/c21-14-3-1-2-13(10-14)17-9-6-15(22)11-18(17)19(24)23-16-7-4-12(5-8-16)20(25)26/h1-11H,(H,23,24)(H,25,26). The van der Waals surface area contributed by atoms with E-state index >= 15 is 0 Å². The fraction of sp³-hybridized carbons (Fsp3) is 0. The maximum atomic E-state index is 13.7. The number of carboxylic acid groups (broad SMARTS) is 1. The van der Waals surface area contributed by atoms with Crippen molar-refractivity contribution in [3.8, 4) is 11.1 Å². The number of carbonyl (C=O) groups excluding carboxylic acids is 1. The van der Waals surface area contributed by atoms with Crippen LogP contribution in [0.1, 0.15) is 20.7 Å². The van der Waals surface area contributed by atoms with Crippen LogP contribution in [0.25, 0.3) is 11.1 Å². The van der Waals surface area contributed by atoms with Crippen molar-refractivity contribution in [1.82, 2.24) is 0 Å². The molecule has 0 bridgehead atoms. The summed E-state index contributed by atoms with van der Waals surface area (Å²) in [5.41, 5.74) is 1.29. The number of carboxylic acids is 1. The lowest BCUT2D eigenvalue weighted by Crippen LogP contribution is -2.13. The van der Waals surface area contributed by atoms with Crippen LogP contribution in [0.5, 0.6) is 0 Å². The van der Waals surface area contributed by atoms with Crippen molar-refractivity contribution in [2.45, 2.75) is 0 Å². The number of benzene rings is 3. The molecule has 0 radical (unpaired) electrons. The molecule has 2 N–H and O–H groups in total. The van der Waals surface area contributed by atoms with Crippen molar-refractivity contribution in [1.29, 1.82) is 0 Å². The van der Waals surface area contributed by atoms with E-state index in [1.165, 1.54) is 54.6 Å². The Kier molecular flexibility index (Phi) is 4.75. The molecular formula is C20H13F2NO3. The predicted octanol–water partition coefficient (Wildman–Crippen LogP) is 4.58. The average Bonchev–Trinajstić information content (AvgIpc) is 2.62. The number of amides is 1. The summed E-state index contributed by atoms with van der Waals surface area (Å²) in [4.78, 5) is 23.4. The molecule has 0 aliphatic carbocycles. The highest BCUT2D eigenvalue weighted by Gasteiger charge is 2.15. The van der Waals surface area contributed by atoms with Gasteiger partial charge in [0.15, 0.2) is 0 Å². The summed E-state index contributed by atoms with van der Waals surface area (Å²) in [6.45, 7) is 0. The van der Waals surface area contributed by atoms with Gasteiger partial charge in [0.1, 0.15) is 11.6 Å². The van der Waals surface area contributed by atoms with Gasteiger partial charge in [0.25, 0.3) is 5.91 Å². The monoisotopic (exact) mass is 353 g/mol. The van der Waals surface area contributed by atoms with Gasteiger partial charge < -0.3 is 10.4 Å². The predicted molar refractivity (Wildman–Crippen MR) is 93.1 cm³/mol. The topological polar surface area (TPSA) is 66.4 Å². The minimum Gasteiger partial charge on any atom is -0.478 e. The second kappa shape index (κ2) is 7.14. The smallest absolute Gasteiger partial charge is 0.335 e. The molecule has 0 spiro atoms. The van der Waals surface area contributed by atoms with Crippen molar-refractivity contribution >= 4 is 17.6 Å². The largest absolute Gasteiger partial charge is 0.478 e. The Morgan fingerprint density at radius 1 is 0.846 bits per heavy atom. The fourth-order valence-corrected chi connectivity index (χ4v) is 2.51. The fourth-order valence-electron chi connectivity index (χ4n) is 2.51. The third-order valence-electron chi connectivity index (χ3n) is 3.75. The van der Waals surface area contributed by atoms with E-state index in [9.17, 15) is 18.4 Å². The Morgan fingerprint density at radius 3 is 2.19 bits per heavy atom. The number of hydrogen-bond acceptors (Lipinski definition) is 2. The Hall–Kier alpha value is -3.54. The molecule has 3 aromatic carbocycles. The third kappa shape index (κ3) is 3.75. The van der Waals surface area contributed by atoms with Gasteiger partial charge >= 0.3 is 5.97 Å². The second-order valence-electron chi connectivity index (χ2n) is 5.54. The molecule has 0 heterocycles. The van der Waals surface area contributed by atoms with Gasteiger partial charge in [0.05, 0.1) is 11.1 Å². The molecule has 0 atom stereocenters. The molecule has 26 heavy (non-hydrogen) atoms. The van der Waals surface area contributed by atoms with Crippen LogP contribution >= 0.6 is 0 Å². The molecule has 3 aromatic rings. The highest BCUT2D eigenvalue weighted by molar-refractivity contribution is 6.08. The normalized spacial score (nSPS) is 10.4. The van der Waals surface area contributed by atoms with Crippen molar-refractivity contribution < 1.29 is 23.5 Å². The first-order valence-corrected chi connectivity index (χ1v) is 7.64. The quantitative estimate of drug-likeness (QED) is 0.721. The first-order valence-electron chi connectivity index (χ1n) is 7.64. The molecule has 3 rings (SSSR count). The first-order chi connectivity index (χ1) is 12.4. The van der Waals surface area contributed by atoms with Gasteiger partial charge in [-0.1, -0.05) is 18.2 Å². The van der Waals surface area contributed by atoms with Gasteiger partial charge in [0.2, 0.25) is 0 Å². The van der Waals surface area contributed by atoms with Crippen molar-refractivity contribution in [2.75, 3.05) is 5.32 Å². The van der Waals surface area contributed by atoms with Crippen LogP contribution in [-0.2, 0) is 0 Å². The summed E-state index contributed by atoms with van der Waals surface area (Å²) in [7, 11) is 0. The molecule has 1 amide bonds. The third-order valence-corrected chi connectivity index (χ3v) is 3.75. The van der Waals surface area contributed by atoms with Crippen LogP contribution in [0, 0.1) is 11.6 Å². The van der Waals surface area contributed by atoms with E-state index in [2.05, 4.69) is 5.32 Å². The number of halogens is 2. The Bertz CT molecular complexity index is 985. The van der Waals surface area contributed by atoms with E-state index < -0.39 is 23.5 Å². The molecule has 0 aromatic heterocycles. The van der Waals surface area contributed by atoms with Gasteiger partial charge in [-0.3, -0.25) is 4.79 Å². The van der Waals surface area contributed by atoms with Crippen molar-refractivity contribution in [3.63, 3.8) is 0 Å². The number of carbonyl (C=O) groups is 2. The Morgan fingerprint density at radius 2 is 1.54 bits per heavy atom. The van der Waals surface area contributed by atoms with Crippen molar-refractivity contribution in [3.05, 3.63) is 89.5 Å². The van der Waals surface area contributed by atoms with E-state index in [-0.39, 0.29) is 11.1 Å². The first kappa shape index (κ1) is 17.3. The van der Waals surface area contributed by atoms with Crippen LogP contribution in [0.15, 0.2) is 66.7 Å². The molecule has 0 aliphatic rings.